The molecule has 2 fully saturated rings. The average Bonchev–Trinajstić information content (AvgIpc) is 3.19. The summed E-state index contributed by atoms with van der Waals surface area (Å²) in [5.74, 6) is -2.69. The molecule has 0 saturated carbocycles. The molecule has 2 aromatic carbocycles. The molecule has 0 amide bonds. The molecule has 4 rings (SSSR count). The average molecular weight is 403 g/mol. The van der Waals surface area contributed by atoms with E-state index >= 15 is 0 Å². The molecule has 0 radical (unpaired) electrons. The summed E-state index contributed by atoms with van der Waals surface area (Å²) in [5.41, 5.74) is 0.496. The van der Waals surface area contributed by atoms with Gasteiger partial charge in [0.1, 0.15) is 11.4 Å². The minimum Gasteiger partial charge on any atom is -0.385 e. The van der Waals surface area contributed by atoms with Crippen LogP contribution in [0.15, 0.2) is 36.9 Å². The van der Waals surface area contributed by atoms with Crippen LogP contribution in [-0.4, -0.2) is 41.3 Å². The Bertz CT molecular complexity index is 951. The van der Waals surface area contributed by atoms with Crippen molar-refractivity contribution in [2.75, 3.05) is 25.0 Å². The van der Waals surface area contributed by atoms with E-state index in [1.54, 1.807) is 13.0 Å². The quantitative estimate of drug-likeness (QED) is 0.708. The van der Waals surface area contributed by atoms with Crippen LogP contribution in [0.2, 0.25) is 0 Å². The van der Waals surface area contributed by atoms with Crippen LogP contribution < -0.4 is 10.6 Å². The zero-order chi connectivity index (χ0) is 20.8. The van der Waals surface area contributed by atoms with E-state index < -0.39 is 23.1 Å². The van der Waals surface area contributed by atoms with Crippen molar-refractivity contribution in [1.29, 1.82) is 0 Å². The largest absolute Gasteiger partial charge is 0.385 e. The standard InChI is InChI=1S/C22H24F3N3O/c1-13-5-8-18(17(24)10-13)27-21-15(6-7-16(23)20(21)25)14(2)28-11-22(29,12-28)19-4-3-9-26-19/h5-8,10,19,26-27,29H,2-4,9,11-12H2,1H3. The molecule has 0 aromatic heterocycles. The van der Waals surface area contributed by atoms with Crippen LogP contribution in [0, 0.1) is 24.4 Å². The van der Waals surface area contributed by atoms with E-state index in [2.05, 4.69) is 17.2 Å². The Hall–Kier alpha value is -2.51. The lowest BCUT2D eigenvalue weighted by molar-refractivity contribution is -0.0926. The summed E-state index contributed by atoms with van der Waals surface area (Å²) in [4.78, 5) is 1.82. The van der Waals surface area contributed by atoms with Gasteiger partial charge in [0.2, 0.25) is 0 Å². The molecular weight excluding hydrogens is 379 g/mol. The Morgan fingerprint density at radius 3 is 2.62 bits per heavy atom. The monoisotopic (exact) mass is 403 g/mol. The number of aliphatic hydroxyl groups is 1. The van der Waals surface area contributed by atoms with Crippen molar-refractivity contribution in [1.82, 2.24) is 10.2 Å². The zero-order valence-electron chi connectivity index (χ0n) is 16.2. The van der Waals surface area contributed by atoms with Crippen molar-refractivity contribution < 1.29 is 18.3 Å². The maximum Gasteiger partial charge on any atom is 0.182 e. The molecule has 2 aromatic rings. The third-order valence-electron chi connectivity index (χ3n) is 5.81. The molecule has 0 bridgehead atoms. The van der Waals surface area contributed by atoms with E-state index in [0.29, 0.717) is 24.4 Å². The van der Waals surface area contributed by atoms with E-state index in [-0.39, 0.29) is 17.4 Å². The normalized spacial score (nSPS) is 20.4. The molecule has 29 heavy (non-hydrogen) atoms. The number of benzene rings is 2. The Kier molecular flexibility index (Phi) is 5.04. The van der Waals surface area contributed by atoms with Gasteiger partial charge in [-0.3, -0.25) is 0 Å². The second-order valence-electron chi connectivity index (χ2n) is 7.95. The van der Waals surface area contributed by atoms with Crippen molar-refractivity contribution in [2.24, 2.45) is 0 Å². The van der Waals surface area contributed by atoms with Gasteiger partial charge in [0, 0.05) is 17.3 Å². The third-order valence-corrected chi connectivity index (χ3v) is 5.81. The van der Waals surface area contributed by atoms with E-state index in [1.165, 1.54) is 18.2 Å². The van der Waals surface area contributed by atoms with Crippen LogP contribution in [0.5, 0.6) is 0 Å². The molecule has 0 spiro atoms. The fraction of sp³-hybridized carbons (Fsp3) is 0.364. The molecule has 3 N–H and O–H groups in total. The fourth-order valence-corrected chi connectivity index (χ4v) is 4.11. The molecule has 2 aliphatic heterocycles. The van der Waals surface area contributed by atoms with Crippen molar-refractivity contribution >= 4 is 17.1 Å². The smallest absolute Gasteiger partial charge is 0.182 e. The number of β-amino-alcohol motifs (C(OH)–C–C–N with tert-alkyl or cyclic N) is 1. The number of rotatable bonds is 5. The highest BCUT2D eigenvalue weighted by molar-refractivity contribution is 5.78. The number of likely N-dealkylation sites (tertiary alicyclic amines) is 1. The van der Waals surface area contributed by atoms with Crippen LogP contribution >= 0.6 is 0 Å². The van der Waals surface area contributed by atoms with Crippen LogP contribution in [0.4, 0.5) is 24.5 Å². The molecule has 0 aliphatic carbocycles. The molecule has 2 heterocycles. The molecule has 154 valence electrons. The number of hydrogen-bond acceptors (Lipinski definition) is 4. The molecule has 7 heteroatoms. The van der Waals surface area contributed by atoms with Gasteiger partial charge in [-0.1, -0.05) is 12.6 Å². The molecule has 1 atom stereocenters. The summed E-state index contributed by atoms with van der Waals surface area (Å²) in [5, 5.41) is 16.8. The van der Waals surface area contributed by atoms with Crippen molar-refractivity contribution in [2.45, 2.75) is 31.4 Å². The number of aryl methyl sites for hydroxylation is 1. The van der Waals surface area contributed by atoms with Crippen molar-refractivity contribution in [3.63, 3.8) is 0 Å². The maximum atomic E-state index is 14.6. The fourth-order valence-electron chi connectivity index (χ4n) is 4.11. The number of nitrogens with one attached hydrogen (secondary N) is 2. The van der Waals surface area contributed by atoms with Gasteiger partial charge < -0.3 is 20.6 Å². The van der Waals surface area contributed by atoms with E-state index in [0.717, 1.165) is 31.0 Å². The lowest BCUT2D eigenvalue weighted by atomic mass is 9.84. The Morgan fingerprint density at radius 2 is 1.97 bits per heavy atom. The summed E-state index contributed by atoms with van der Waals surface area (Å²) in [7, 11) is 0. The second-order valence-corrected chi connectivity index (χ2v) is 7.95. The molecule has 2 saturated heterocycles. The highest BCUT2D eigenvalue weighted by Gasteiger charge is 2.48. The Morgan fingerprint density at radius 1 is 1.21 bits per heavy atom. The van der Waals surface area contributed by atoms with Crippen LogP contribution in [-0.2, 0) is 0 Å². The van der Waals surface area contributed by atoms with Crippen molar-refractivity contribution in [3.8, 4) is 0 Å². The van der Waals surface area contributed by atoms with E-state index in [9.17, 15) is 18.3 Å². The first-order valence-electron chi connectivity index (χ1n) is 9.70. The summed E-state index contributed by atoms with van der Waals surface area (Å²) in [6, 6.07) is 6.95. The van der Waals surface area contributed by atoms with Gasteiger partial charge in [-0.25, -0.2) is 13.2 Å². The van der Waals surface area contributed by atoms with Gasteiger partial charge in [0.15, 0.2) is 11.6 Å². The van der Waals surface area contributed by atoms with Gasteiger partial charge in [0.25, 0.3) is 0 Å². The van der Waals surface area contributed by atoms with Gasteiger partial charge >= 0.3 is 0 Å². The minimum atomic E-state index is -1.10. The maximum absolute atomic E-state index is 14.6. The summed E-state index contributed by atoms with van der Waals surface area (Å²) < 4.78 is 42.8. The first kappa shape index (κ1) is 19.8. The van der Waals surface area contributed by atoms with Crippen LogP contribution in [0.1, 0.15) is 24.0 Å². The summed E-state index contributed by atoms with van der Waals surface area (Å²) in [6.07, 6.45) is 1.93. The lowest BCUT2D eigenvalue weighted by Crippen LogP contribution is -2.68. The Labute approximate surface area is 168 Å². The van der Waals surface area contributed by atoms with E-state index in [4.69, 9.17) is 0 Å². The Balaban J connectivity index is 1.59. The van der Waals surface area contributed by atoms with Gasteiger partial charge in [0.05, 0.1) is 24.5 Å². The van der Waals surface area contributed by atoms with Gasteiger partial charge in [-0.15, -0.1) is 0 Å². The first-order chi connectivity index (χ1) is 13.8. The summed E-state index contributed by atoms with van der Waals surface area (Å²) in [6.45, 7) is 7.34. The molecule has 2 aliphatic rings. The van der Waals surface area contributed by atoms with E-state index in [1.807, 2.05) is 4.90 Å². The topological polar surface area (TPSA) is 47.5 Å². The number of nitrogens with zero attached hydrogens (tertiary/aromatic N) is 1. The molecular formula is C22H24F3N3O. The highest BCUT2D eigenvalue weighted by atomic mass is 19.2. The second kappa shape index (κ2) is 7.39. The first-order valence-corrected chi connectivity index (χ1v) is 9.70. The predicted octanol–water partition coefficient (Wildman–Crippen LogP) is 3.93. The third kappa shape index (κ3) is 3.60. The van der Waals surface area contributed by atoms with Crippen LogP contribution in [0.3, 0.4) is 0 Å². The van der Waals surface area contributed by atoms with Crippen LogP contribution in [0.25, 0.3) is 5.70 Å². The predicted molar refractivity (Wildman–Crippen MR) is 107 cm³/mol. The summed E-state index contributed by atoms with van der Waals surface area (Å²) >= 11 is 0. The zero-order valence-corrected chi connectivity index (χ0v) is 16.2. The molecule has 1 unspecified atom stereocenters. The minimum absolute atomic E-state index is 0.0238. The lowest BCUT2D eigenvalue weighted by Gasteiger charge is -2.51. The van der Waals surface area contributed by atoms with Crippen molar-refractivity contribution in [3.05, 3.63) is 65.5 Å². The van der Waals surface area contributed by atoms with Gasteiger partial charge in [-0.2, -0.15) is 0 Å². The van der Waals surface area contributed by atoms with Gasteiger partial charge in [-0.05, 0) is 56.1 Å². The number of halogens is 3. The SMILES string of the molecule is C=C(c1ccc(F)c(F)c1Nc1ccc(C)cc1F)N1CC(O)(C2CCCN2)C1. The highest BCUT2D eigenvalue weighted by Crippen LogP contribution is 2.38. The number of anilines is 2. The molecule has 4 nitrogen and oxygen atoms in total. The number of hydrogen-bond donors (Lipinski definition) is 3.